The van der Waals surface area contributed by atoms with Gasteiger partial charge >= 0.3 is 0 Å². The van der Waals surface area contributed by atoms with Crippen LogP contribution >= 0.6 is 11.6 Å². The second-order valence-electron chi connectivity index (χ2n) is 5.99. The Labute approximate surface area is 125 Å². The maximum Gasteiger partial charge on any atom is 0.219 e. The third-order valence-electron chi connectivity index (χ3n) is 3.11. The molecule has 0 bridgehead atoms. The lowest BCUT2D eigenvalue weighted by atomic mass is 9.86. The van der Waals surface area contributed by atoms with E-state index in [9.17, 15) is 0 Å². The maximum absolute atomic E-state index is 5.99. The Morgan fingerprint density at radius 3 is 2.55 bits per heavy atom. The number of ether oxygens (including phenoxy) is 1. The summed E-state index contributed by atoms with van der Waals surface area (Å²) in [6, 6.07) is 10.0. The third kappa shape index (κ3) is 3.51. The van der Waals surface area contributed by atoms with Gasteiger partial charge in [-0.1, -0.05) is 32.9 Å². The molecule has 0 atom stereocenters. The number of benzene rings is 1. The Balaban J connectivity index is 2.39. The number of hydrogen-bond acceptors (Lipinski definition) is 2. The van der Waals surface area contributed by atoms with E-state index >= 15 is 0 Å². The quantitative estimate of drug-likeness (QED) is 0.723. The largest absolute Gasteiger partial charge is 0.439 e. The maximum atomic E-state index is 5.99. The minimum absolute atomic E-state index is 0.0210. The van der Waals surface area contributed by atoms with Crippen molar-refractivity contribution < 1.29 is 4.74 Å². The molecule has 1 aromatic carbocycles. The summed E-state index contributed by atoms with van der Waals surface area (Å²) in [5, 5.41) is 0. The van der Waals surface area contributed by atoms with Gasteiger partial charge in [-0.3, -0.25) is 0 Å². The summed E-state index contributed by atoms with van der Waals surface area (Å²) in [6.45, 7) is 8.58. The van der Waals surface area contributed by atoms with E-state index in [4.69, 9.17) is 16.3 Å². The molecule has 1 aromatic heterocycles. The van der Waals surface area contributed by atoms with Crippen LogP contribution < -0.4 is 4.74 Å². The molecule has 0 N–H and O–H groups in total. The average Bonchev–Trinajstić information content (AvgIpc) is 2.37. The molecule has 0 aliphatic heterocycles. The van der Waals surface area contributed by atoms with Crippen LogP contribution in [0.2, 0.25) is 0 Å². The van der Waals surface area contributed by atoms with Crippen molar-refractivity contribution in [1.29, 1.82) is 0 Å². The van der Waals surface area contributed by atoms with Gasteiger partial charge in [0, 0.05) is 23.7 Å². The SMILES string of the molecule is Cc1ccc(C(C)(C)C)c(Oc2cc(CCl)ccn2)c1. The minimum atomic E-state index is 0.0210. The number of alkyl halides is 1. The number of aromatic nitrogens is 1. The Kier molecular flexibility index (Phi) is 4.34. The van der Waals surface area contributed by atoms with Gasteiger partial charge in [-0.2, -0.15) is 0 Å². The Bertz CT molecular complexity index is 602. The highest BCUT2D eigenvalue weighted by molar-refractivity contribution is 6.17. The average molecular weight is 290 g/mol. The van der Waals surface area contributed by atoms with Crippen LogP contribution in [0, 0.1) is 6.92 Å². The summed E-state index contributed by atoms with van der Waals surface area (Å²) in [5.74, 6) is 1.90. The molecule has 0 aliphatic carbocycles. The van der Waals surface area contributed by atoms with Crippen LogP contribution in [0.25, 0.3) is 0 Å². The van der Waals surface area contributed by atoms with E-state index in [1.54, 1.807) is 6.20 Å². The molecule has 2 aromatic rings. The number of hydrogen-bond donors (Lipinski definition) is 0. The molecule has 106 valence electrons. The molecule has 3 heteroatoms. The summed E-state index contributed by atoms with van der Waals surface area (Å²) in [5.41, 5.74) is 3.36. The summed E-state index contributed by atoms with van der Waals surface area (Å²) in [6.07, 6.45) is 1.72. The van der Waals surface area contributed by atoms with Crippen LogP contribution in [0.5, 0.6) is 11.6 Å². The predicted octanol–water partition coefficient (Wildman–Crippen LogP) is 5.22. The predicted molar refractivity (Wildman–Crippen MR) is 83.7 cm³/mol. The summed E-state index contributed by atoms with van der Waals surface area (Å²) in [7, 11) is 0. The van der Waals surface area contributed by atoms with Crippen molar-refractivity contribution in [2.75, 3.05) is 0 Å². The van der Waals surface area contributed by atoms with Crippen molar-refractivity contribution >= 4 is 11.6 Å². The summed E-state index contributed by atoms with van der Waals surface area (Å²) < 4.78 is 5.99. The first kappa shape index (κ1) is 14.9. The standard InChI is InChI=1S/C17H20ClNO/c1-12-5-6-14(17(2,3)4)15(9-12)20-16-10-13(11-18)7-8-19-16/h5-10H,11H2,1-4H3. The van der Waals surface area contributed by atoms with Crippen LogP contribution in [0.4, 0.5) is 0 Å². The molecule has 0 amide bonds. The fourth-order valence-electron chi connectivity index (χ4n) is 2.04. The Hall–Kier alpha value is -1.54. The molecule has 0 unspecified atom stereocenters. The van der Waals surface area contributed by atoms with E-state index in [1.807, 2.05) is 12.1 Å². The van der Waals surface area contributed by atoms with Crippen LogP contribution in [-0.2, 0) is 11.3 Å². The second-order valence-corrected chi connectivity index (χ2v) is 6.25. The zero-order chi connectivity index (χ0) is 14.8. The van der Waals surface area contributed by atoms with Crippen LogP contribution in [0.15, 0.2) is 36.5 Å². The zero-order valence-electron chi connectivity index (χ0n) is 12.4. The smallest absolute Gasteiger partial charge is 0.219 e. The van der Waals surface area contributed by atoms with Gasteiger partial charge in [-0.05, 0) is 35.6 Å². The van der Waals surface area contributed by atoms with Gasteiger partial charge in [0.05, 0.1) is 0 Å². The molecule has 2 nitrogen and oxygen atoms in total. The number of aryl methyl sites for hydroxylation is 1. The van der Waals surface area contributed by atoms with E-state index in [2.05, 4.69) is 50.9 Å². The van der Waals surface area contributed by atoms with Gasteiger partial charge in [0.25, 0.3) is 0 Å². The molecule has 0 saturated heterocycles. The monoisotopic (exact) mass is 289 g/mol. The molecule has 2 rings (SSSR count). The fraction of sp³-hybridized carbons (Fsp3) is 0.353. The fourth-order valence-corrected chi connectivity index (χ4v) is 2.20. The van der Waals surface area contributed by atoms with Crippen molar-refractivity contribution in [2.45, 2.75) is 39.0 Å². The number of nitrogens with zero attached hydrogens (tertiary/aromatic N) is 1. The van der Waals surface area contributed by atoms with Gasteiger partial charge < -0.3 is 4.74 Å². The number of pyridine rings is 1. The third-order valence-corrected chi connectivity index (χ3v) is 3.42. The molecular formula is C17H20ClNO. The lowest BCUT2D eigenvalue weighted by molar-refractivity contribution is 0.439. The highest BCUT2D eigenvalue weighted by atomic mass is 35.5. The first-order valence-corrected chi connectivity index (χ1v) is 7.23. The van der Waals surface area contributed by atoms with Gasteiger partial charge in [0.2, 0.25) is 5.88 Å². The van der Waals surface area contributed by atoms with Crippen LogP contribution in [0.3, 0.4) is 0 Å². The van der Waals surface area contributed by atoms with Crippen LogP contribution in [-0.4, -0.2) is 4.98 Å². The lowest BCUT2D eigenvalue weighted by Gasteiger charge is -2.22. The van der Waals surface area contributed by atoms with Crippen molar-refractivity contribution in [3.05, 3.63) is 53.2 Å². The normalized spacial score (nSPS) is 11.4. The zero-order valence-corrected chi connectivity index (χ0v) is 13.2. The van der Waals surface area contributed by atoms with Crippen molar-refractivity contribution in [3.63, 3.8) is 0 Å². The molecule has 0 saturated carbocycles. The molecule has 0 spiro atoms. The van der Waals surface area contributed by atoms with Crippen molar-refractivity contribution in [1.82, 2.24) is 4.98 Å². The minimum Gasteiger partial charge on any atom is -0.439 e. The highest BCUT2D eigenvalue weighted by Gasteiger charge is 2.19. The van der Waals surface area contributed by atoms with Gasteiger partial charge in [-0.15, -0.1) is 11.6 Å². The van der Waals surface area contributed by atoms with Gasteiger partial charge in [0.1, 0.15) is 5.75 Å². The Morgan fingerprint density at radius 2 is 1.90 bits per heavy atom. The molecular weight excluding hydrogens is 270 g/mol. The number of rotatable bonds is 3. The van der Waals surface area contributed by atoms with E-state index in [-0.39, 0.29) is 5.41 Å². The molecule has 1 heterocycles. The molecule has 20 heavy (non-hydrogen) atoms. The van der Waals surface area contributed by atoms with E-state index in [0.717, 1.165) is 11.3 Å². The first-order chi connectivity index (χ1) is 9.40. The van der Waals surface area contributed by atoms with E-state index < -0.39 is 0 Å². The lowest BCUT2D eigenvalue weighted by Crippen LogP contribution is -2.12. The summed E-state index contributed by atoms with van der Waals surface area (Å²) >= 11 is 5.85. The second kappa shape index (κ2) is 5.84. The van der Waals surface area contributed by atoms with Crippen molar-refractivity contribution in [3.8, 4) is 11.6 Å². The van der Waals surface area contributed by atoms with Crippen LogP contribution in [0.1, 0.15) is 37.5 Å². The number of halogens is 1. The summed E-state index contributed by atoms with van der Waals surface area (Å²) in [4.78, 5) is 4.25. The molecule has 0 aliphatic rings. The highest BCUT2D eigenvalue weighted by Crippen LogP contribution is 2.34. The molecule has 0 fully saturated rings. The van der Waals surface area contributed by atoms with Crippen molar-refractivity contribution in [2.24, 2.45) is 0 Å². The van der Waals surface area contributed by atoms with Gasteiger partial charge in [0.15, 0.2) is 0 Å². The van der Waals surface area contributed by atoms with Gasteiger partial charge in [-0.25, -0.2) is 4.98 Å². The van der Waals surface area contributed by atoms with E-state index in [1.165, 1.54) is 11.1 Å². The van der Waals surface area contributed by atoms with E-state index in [0.29, 0.717) is 11.8 Å². The molecule has 0 radical (unpaired) electrons. The topological polar surface area (TPSA) is 22.1 Å². The Morgan fingerprint density at radius 1 is 1.15 bits per heavy atom. The first-order valence-electron chi connectivity index (χ1n) is 6.70.